The van der Waals surface area contributed by atoms with Crippen molar-refractivity contribution in [3.63, 3.8) is 0 Å². The van der Waals surface area contributed by atoms with Gasteiger partial charge in [0.2, 0.25) is 0 Å². The number of aliphatic carboxylic acids is 1. The molecule has 0 aliphatic carbocycles. The largest absolute Gasteiger partial charge is 0.496 e. The van der Waals surface area contributed by atoms with Crippen LogP contribution in [0.15, 0.2) is 18.2 Å². The molecule has 0 bridgehead atoms. The average Bonchev–Trinajstić information content (AvgIpc) is 2.64. The highest BCUT2D eigenvalue weighted by Gasteiger charge is 2.26. The van der Waals surface area contributed by atoms with Crippen LogP contribution in [0, 0.1) is 6.92 Å². The minimum absolute atomic E-state index is 0.347. The number of hydrogen-bond acceptors (Lipinski definition) is 3. The quantitative estimate of drug-likeness (QED) is 0.919. The van der Waals surface area contributed by atoms with E-state index >= 15 is 0 Å². The van der Waals surface area contributed by atoms with E-state index in [1.54, 1.807) is 7.11 Å². The fraction of sp³-hybridized carbons (Fsp3) is 0.562. The predicted octanol–water partition coefficient (Wildman–Crippen LogP) is 2.83. The van der Waals surface area contributed by atoms with Gasteiger partial charge in [0.15, 0.2) is 0 Å². The number of aryl methyl sites for hydroxylation is 1. The molecule has 1 fully saturated rings. The van der Waals surface area contributed by atoms with Crippen molar-refractivity contribution in [1.82, 2.24) is 4.90 Å². The number of hydrogen-bond donors (Lipinski definition) is 1. The van der Waals surface area contributed by atoms with Crippen molar-refractivity contribution in [3.8, 4) is 5.75 Å². The summed E-state index contributed by atoms with van der Waals surface area (Å²) in [5, 5.41) is 9.39. The van der Waals surface area contributed by atoms with E-state index in [0.29, 0.717) is 6.54 Å². The normalized spacial score (nSPS) is 20.4. The minimum atomic E-state index is -0.697. The van der Waals surface area contributed by atoms with Crippen LogP contribution in [0.25, 0.3) is 0 Å². The summed E-state index contributed by atoms with van der Waals surface area (Å²) in [7, 11) is 1.66. The maximum atomic E-state index is 11.4. The van der Waals surface area contributed by atoms with Gasteiger partial charge in [0.05, 0.1) is 7.11 Å². The smallest absolute Gasteiger partial charge is 0.320 e. The fourth-order valence-electron chi connectivity index (χ4n) is 2.91. The number of carboxylic acid groups (broad SMARTS) is 1. The van der Waals surface area contributed by atoms with Gasteiger partial charge < -0.3 is 9.84 Å². The molecule has 1 saturated heterocycles. The van der Waals surface area contributed by atoms with E-state index in [1.807, 2.05) is 19.1 Å². The zero-order valence-electron chi connectivity index (χ0n) is 12.3. The number of likely N-dealkylation sites (tertiary alicyclic amines) is 1. The molecule has 0 spiro atoms. The number of benzene rings is 1. The van der Waals surface area contributed by atoms with Crippen LogP contribution in [0.1, 0.15) is 36.8 Å². The zero-order valence-corrected chi connectivity index (χ0v) is 12.3. The molecule has 110 valence electrons. The summed E-state index contributed by atoms with van der Waals surface area (Å²) in [5.41, 5.74) is 2.24. The second kappa shape index (κ2) is 6.75. The Morgan fingerprint density at radius 3 is 2.85 bits per heavy atom. The molecule has 1 heterocycles. The molecule has 0 radical (unpaired) electrons. The third-order valence-electron chi connectivity index (χ3n) is 3.99. The first-order valence-electron chi connectivity index (χ1n) is 7.22. The molecule has 1 aliphatic rings. The minimum Gasteiger partial charge on any atom is -0.496 e. The van der Waals surface area contributed by atoms with Gasteiger partial charge >= 0.3 is 5.97 Å². The Hall–Kier alpha value is -1.55. The Kier molecular flexibility index (Phi) is 5.01. The molecule has 4 heteroatoms. The van der Waals surface area contributed by atoms with E-state index in [0.717, 1.165) is 49.1 Å². The van der Waals surface area contributed by atoms with Crippen molar-refractivity contribution in [2.45, 2.75) is 45.2 Å². The van der Waals surface area contributed by atoms with E-state index in [2.05, 4.69) is 11.0 Å². The summed E-state index contributed by atoms with van der Waals surface area (Å²) in [6.07, 6.45) is 3.97. The zero-order chi connectivity index (χ0) is 14.5. The van der Waals surface area contributed by atoms with Crippen molar-refractivity contribution < 1.29 is 14.6 Å². The Morgan fingerprint density at radius 2 is 2.20 bits per heavy atom. The molecule has 4 nitrogen and oxygen atoms in total. The maximum absolute atomic E-state index is 11.4. The first-order chi connectivity index (χ1) is 9.61. The van der Waals surface area contributed by atoms with Gasteiger partial charge in [-0.1, -0.05) is 25.0 Å². The molecular formula is C16H23NO3. The second-order valence-electron chi connectivity index (χ2n) is 5.48. The Morgan fingerprint density at radius 1 is 1.40 bits per heavy atom. The van der Waals surface area contributed by atoms with Gasteiger partial charge in [-0.05, 0) is 43.5 Å². The number of rotatable bonds is 4. The summed E-state index contributed by atoms with van der Waals surface area (Å²) in [6, 6.07) is 5.72. The Balaban J connectivity index is 2.13. The molecule has 1 aromatic rings. The van der Waals surface area contributed by atoms with Crippen molar-refractivity contribution in [2.24, 2.45) is 0 Å². The summed E-state index contributed by atoms with van der Waals surface area (Å²) in [5.74, 6) is 0.177. The van der Waals surface area contributed by atoms with E-state index in [4.69, 9.17) is 4.74 Å². The fourth-order valence-corrected chi connectivity index (χ4v) is 2.91. The topological polar surface area (TPSA) is 49.8 Å². The molecule has 1 aromatic carbocycles. The van der Waals surface area contributed by atoms with E-state index < -0.39 is 5.97 Å². The van der Waals surface area contributed by atoms with E-state index in [-0.39, 0.29) is 6.04 Å². The SMILES string of the molecule is COc1ccc(CN2CCCCCC2C(=O)O)cc1C. The third kappa shape index (κ3) is 3.51. The molecule has 1 atom stereocenters. The first kappa shape index (κ1) is 14.9. The number of carbonyl (C=O) groups is 1. The van der Waals surface area contributed by atoms with E-state index in [1.165, 1.54) is 0 Å². The molecule has 1 aliphatic heterocycles. The maximum Gasteiger partial charge on any atom is 0.320 e. The van der Waals surface area contributed by atoms with Crippen LogP contribution in [0.5, 0.6) is 5.75 Å². The van der Waals surface area contributed by atoms with Crippen molar-refractivity contribution in [1.29, 1.82) is 0 Å². The first-order valence-corrected chi connectivity index (χ1v) is 7.22. The highest BCUT2D eigenvalue weighted by Crippen LogP contribution is 2.23. The van der Waals surface area contributed by atoms with Crippen molar-refractivity contribution in [2.75, 3.05) is 13.7 Å². The monoisotopic (exact) mass is 277 g/mol. The Bertz CT molecular complexity index is 473. The van der Waals surface area contributed by atoms with Gasteiger partial charge in [0.1, 0.15) is 11.8 Å². The molecule has 1 unspecified atom stereocenters. The third-order valence-corrected chi connectivity index (χ3v) is 3.99. The molecule has 2 rings (SSSR count). The van der Waals surface area contributed by atoms with Gasteiger partial charge in [-0.25, -0.2) is 0 Å². The molecule has 0 aromatic heterocycles. The molecule has 0 saturated carbocycles. The lowest BCUT2D eigenvalue weighted by atomic mass is 10.1. The number of nitrogens with zero attached hydrogens (tertiary/aromatic N) is 1. The van der Waals surface area contributed by atoms with Crippen LogP contribution in [0.4, 0.5) is 0 Å². The van der Waals surface area contributed by atoms with Crippen molar-refractivity contribution in [3.05, 3.63) is 29.3 Å². The van der Waals surface area contributed by atoms with Gasteiger partial charge in [-0.2, -0.15) is 0 Å². The lowest BCUT2D eigenvalue weighted by Gasteiger charge is -2.26. The standard InChI is InChI=1S/C16H23NO3/c1-12-10-13(7-8-15(12)20-2)11-17-9-5-3-4-6-14(17)16(18)19/h7-8,10,14H,3-6,9,11H2,1-2H3,(H,18,19). The lowest BCUT2D eigenvalue weighted by molar-refractivity contribution is -0.143. The van der Waals surface area contributed by atoms with Crippen LogP contribution >= 0.6 is 0 Å². The summed E-state index contributed by atoms with van der Waals surface area (Å²) in [6.45, 7) is 3.57. The summed E-state index contributed by atoms with van der Waals surface area (Å²) >= 11 is 0. The predicted molar refractivity (Wildman–Crippen MR) is 78.0 cm³/mol. The molecule has 1 N–H and O–H groups in total. The van der Waals surface area contributed by atoms with E-state index in [9.17, 15) is 9.90 Å². The van der Waals surface area contributed by atoms with Crippen LogP contribution in [0.2, 0.25) is 0 Å². The van der Waals surface area contributed by atoms with Gasteiger partial charge in [0.25, 0.3) is 0 Å². The second-order valence-corrected chi connectivity index (χ2v) is 5.48. The molecule has 20 heavy (non-hydrogen) atoms. The van der Waals surface area contributed by atoms with Crippen molar-refractivity contribution >= 4 is 5.97 Å². The molecule has 0 amide bonds. The number of carboxylic acids is 1. The van der Waals surface area contributed by atoms with Crippen LogP contribution in [-0.4, -0.2) is 35.7 Å². The van der Waals surface area contributed by atoms with Gasteiger partial charge in [-0.15, -0.1) is 0 Å². The van der Waals surface area contributed by atoms with Crippen LogP contribution < -0.4 is 4.74 Å². The average molecular weight is 277 g/mol. The summed E-state index contributed by atoms with van der Waals surface area (Å²) < 4.78 is 5.26. The highest BCUT2D eigenvalue weighted by atomic mass is 16.5. The number of methoxy groups -OCH3 is 1. The number of ether oxygens (including phenoxy) is 1. The Labute approximate surface area is 120 Å². The summed E-state index contributed by atoms with van der Waals surface area (Å²) in [4.78, 5) is 13.5. The van der Waals surface area contributed by atoms with Crippen LogP contribution in [0.3, 0.4) is 0 Å². The van der Waals surface area contributed by atoms with Crippen LogP contribution in [-0.2, 0) is 11.3 Å². The lowest BCUT2D eigenvalue weighted by Crippen LogP contribution is -2.40. The molecular weight excluding hydrogens is 254 g/mol. The van der Waals surface area contributed by atoms with Gasteiger partial charge in [-0.3, -0.25) is 9.69 Å². The highest BCUT2D eigenvalue weighted by molar-refractivity contribution is 5.73. The van der Waals surface area contributed by atoms with Gasteiger partial charge in [0, 0.05) is 6.54 Å².